The second kappa shape index (κ2) is 8.90. The summed E-state index contributed by atoms with van der Waals surface area (Å²) in [6.45, 7) is 1.70. The van der Waals surface area contributed by atoms with E-state index in [1.807, 2.05) is 37.3 Å². The average Bonchev–Trinajstić information content (AvgIpc) is 3.13. The van der Waals surface area contributed by atoms with E-state index in [-0.39, 0.29) is 17.8 Å². The molecule has 2 aromatic carbocycles. The first kappa shape index (κ1) is 21.1. The van der Waals surface area contributed by atoms with Crippen molar-refractivity contribution in [1.29, 1.82) is 0 Å². The van der Waals surface area contributed by atoms with Crippen LogP contribution in [0.2, 0.25) is 0 Å². The zero-order valence-corrected chi connectivity index (χ0v) is 17.7. The number of carbonyl (C=O) groups is 1. The van der Waals surface area contributed by atoms with E-state index in [4.69, 9.17) is 0 Å². The first-order valence-electron chi connectivity index (χ1n) is 9.54. The van der Waals surface area contributed by atoms with Crippen molar-refractivity contribution in [3.63, 3.8) is 0 Å². The number of rotatable bonds is 6. The zero-order valence-electron chi connectivity index (χ0n) is 16.9. The van der Waals surface area contributed by atoms with Crippen LogP contribution in [0, 0.1) is 17.0 Å². The number of thiophene rings is 1. The topological polar surface area (TPSA) is 119 Å². The summed E-state index contributed by atoms with van der Waals surface area (Å²) in [4.78, 5) is 41.6. The molecule has 1 N–H and O–H groups in total. The van der Waals surface area contributed by atoms with Crippen LogP contribution in [0.3, 0.4) is 0 Å². The van der Waals surface area contributed by atoms with Crippen molar-refractivity contribution in [1.82, 2.24) is 15.0 Å². The molecule has 0 radical (unpaired) electrons. The van der Waals surface area contributed by atoms with Crippen molar-refractivity contribution in [2.75, 3.05) is 0 Å². The van der Waals surface area contributed by atoms with Gasteiger partial charge in [-0.3, -0.25) is 24.3 Å². The number of nitro benzene ring substituents is 1. The van der Waals surface area contributed by atoms with Gasteiger partial charge in [-0.15, -0.1) is 11.3 Å². The van der Waals surface area contributed by atoms with Crippen LogP contribution < -0.4 is 11.0 Å². The highest BCUT2D eigenvalue weighted by Gasteiger charge is 2.17. The molecule has 0 saturated carbocycles. The number of hydrogen-bond acceptors (Lipinski definition) is 7. The zero-order chi connectivity index (χ0) is 22.7. The predicted octanol–water partition coefficient (Wildman–Crippen LogP) is 3.49. The molecular formula is C22H17N5O4S. The van der Waals surface area contributed by atoms with E-state index in [2.05, 4.69) is 15.5 Å². The van der Waals surface area contributed by atoms with E-state index in [0.717, 1.165) is 16.0 Å². The maximum atomic E-state index is 13.1. The summed E-state index contributed by atoms with van der Waals surface area (Å²) in [6, 6.07) is 15.3. The number of non-ortho nitro benzene ring substituents is 1. The summed E-state index contributed by atoms with van der Waals surface area (Å²) < 4.78 is 1.25. The molecule has 32 heavy (non-hydrogen) atoms. The van der Waals surface area contributed by atoms with Gasteiger partial charge in [0.1, 0.15) is 11.4 Å². The molecule has 0 aliphatic rings. The van der Waals surface area contributed by atoms with Crippen molar-refractivity contribution in [2.24, 2.45) is 5.10 Å². The van der Waals surface area contributed by atoms with Crippen LogP contribution >= 0.6 is 11.3 Å². The van der Waals surface area contributed by atoms with E-state index in [0.29, 0.717) is 15.8 Å². The molecule has 0 fully saturated rings. The van der Waals surface area contributed by atoms with Gasteiger partial charge < -0.3 is 0 Å². The Balaban J connectivity index is 1.53. The Labute approximate surface area is 185 Å². The fourth-order valence-corrected chi connectivity index (χ4v) is 4.26. The molecule has 0 spiro atoms. The van der Waals surface area contributed by atoms with Crippen LogP contribution in [0.15, 0.2) is 70.8 Å². The van der Waals surface area contributed by atoms with Gasteiger partial charge in [-0.1, -0.05) is 30.3 Å². The second-order valence-corrected chi connectivity index (χ2v) is 8.10. The number of aryl methyl sites for hydroxylation is 1. The summed E-state index contributed by atoms with van der Waals surface area (Å²) in [5, 5.41) is 15.0. The Morgan fingerprint density at radius 1 is 1.22 bits per heavy atom. The Hall–Kier alpha value is -4.18. The van der Waals surface area contributed by atoms with Gasteiger partial charge in [0, 0.05) is 22.6 Å². The minimum absolute atomic E-state index is 0.0352. The number of aromatic nitrogens is 2. The molecule has 0 aliphatic carbocycles. The van der Waals surface area contributed by atoms with Crippen LogP contribution in [0.5, 0.6) is 0 Å². The molecule has 0 saturated heterocycles. The lowest BCUT2D eigenvalue weighted by molar-refractivity contribution is -0.384. The van der Waals surface area contributed by atoms with Crippen LogP contribution in [0.4, 0.5) is 5.69 Å². The lowest BCUT2D eigenvalue weighted by atomic mass is 10.0. The third-order valence-electron chi connectivity index (χ3n) is 4.74. The standard InChI is InChI=1S/C22H17N5O4S/c1-14-19(16-5-3-2-4-6-16)20-21(32-14)23-13-26(22(20)29)12-18(28)25-24-11-15-7-9-17(10-8-15)27(30)31/h2-11,13H,12H2,1H3,(H,25,28)/b24-11+. The third-order valence-corrected chi connectivity index (χ3v) is 5.75. The molecular weight excluding hydrogens is 430 g/mol. The van der Waals surface area contributed by atoms with Crippen molar-refractivity contribution >= 4 is 39.4 Å². The molecule has 4 aromatic rings. The SMILES string of the molecule is Cc1sc2ncn(CC(=O)N/N=C/c3ccc([N+](=O)[O-])cc3)c(=O)c2c1-c1ccccc1. The van der Waals surface area contributed by atoms with Crippen LogP contribution in [0.1, 0.15) is 10.4 Å². The molecule has 2 heterocycles. The highest BCUT2D eigenvalue weighted by Crippen LogP contribution is 2.35. The fourth-order valence-electron chi connectivity index (χ4n) is 3.25. The maximum Gasteiger partial charge on any atom is 0.269 e. The summed E-state index contributed by atoms with van der Waals surface area (Å²) >= 11 is 1.44. The van der Waals surface area contributed by atoms with Gasteiger partial charge in [0.05, 0.1) is 22.9 Å². The Morgan fingerprint density at radius 2 is 1.94 bits per heavy atom. The molecule has 9 nitrogen and oxygen atoms in total. The summed E-state index contributed by atoms with van der Waals surface area (Å²) in [5.74, 6) is -0.500. The minimum Gasteiger partial charge on any atom is -0.289 e. The van der Waals surface area contributed by atoms with E-state index >= 15 is 0 Å². The van der Waals surface area contributed by atoms with Gasteiger partial charge in [0.15, 0.2) is 0 Å². The third kappa shape index (κ3) is 4.30. The van der Waals surface area contributed by atoms with Crippen molar-refractivity contribution in [2.45, 2.75) is 13.5 Å². The van der Waals surface area contributed by atoms with Gasteiger partial charge in [-0.05, 0) is 30.2 Å². The van der Waals surface area contributed by atoms with Crippen molar-refractivity contribution in [3.8, 4) is 11.1 Å². The lowest BCUT2D eigenvalue weighted by Crippen LogP contribution is -2.30. The van der Waals surface area contributed by atoms with E-state index in [1.54, 1.807) is 0 Å². The lowest BCUT2D eigenvalue weighted by Gasteiger charge is -2.06. The molecule has 0 atom stereocenters. The van der Waals surface area contributed by atoms with Gasteiger partial charge in [-0.25, -0.2) is 10.4 Å². The molecule has 0 bridgehead atoms. The molecule has 10 heteroatoms. The molecule has 0 unspecified atom stereocenters. The summed E-state index contributed by atoms with van der Waals surface area (Å²) in [5.41, 5.74) is 4.35. The first-order valence-corrected chi connectivity index (χ1v) is 10.4. The maximum absolute atomic E-state index is 13.1. The number of fused-ring (bicyclic) bond motifs is 1. The number of nitrogens with zero attached hydrogens (tertiary/aromatic N) is 4. The predicted molar refractivity (Wildman–Crippen MR) is 123 cm³/mol. The molecule has 160 valence electrons. The summed E-state index contributed by atoms with van der Waals surface area (Å²) in [7, 11) is 0. The van der Waals surface area contributed by atoms with E-state index < -0.39 is 10.8 Å². The Morgan fingerprint density at radius 3 is 2.62 bits per heavy atom. The number of carbonyl (C=O) groups excluding carboxylic acids is 1. The van der Waals surface area contributed by atoms with Gasteiger partial charge in [0.25, 0.3) is 17.2 Å². The Kier molecular flexibility index (Phi) is 5.86. The first-order chi connectivity index (χ1) is 15.4. The molecule has 1 amide bonds. The normalized spacial score (nSPS) is 11.2. The van der Waals surface area contributed by atoms with Crippen LogP contribution in [-0.4, -0.2) is 26.6 Å². The molecule has 0 aliphatic heterocycles. The number of nitrogens with one attached hydrogen (secondary N) is 1. The summed E-state index contributed by atoms with van der Waals surface area (Å²) in [6.07, 6.45) is 2.72. The molecule has 4 rings (SSSR count). The van der Waals surface area contributed by atoms with Gasteiger partial charge >= 0.3 is 0 Å². The van der Waals surface area contributed by atoms with Crippen LogP contribution in [-0.2, 0) is 11.3 Å². The number of nitro groups is 1. The highest BCUT2D eigenvalue weighted by atomic mass is 32.1. The highest BCUT2D eigenvalue weighted by molar-refractivity contribution is 7.19. The van der Waals surface area contributed by atoms with Gasteiger partial charge in [-0.2, -0.15) is 5.10 Å². The largest absolute Gasteiger partial charge is 0.289 e. The number of amides is 1. The van der Waals surface area contributed by atoms with Crippen molar-refractivity contribution < 1.29 is 9.72 Å². The number of benzene rings is 2. The van der Waals surface area contributed by atoms with E-state index in [1.165, 1.54) is 52.7 Å². The minimum atomic E-state index is -0.500. The fraction of sp³-hybridized carbons (Fsp3) is 0.0909. The molecule has 2 aromatic heterocycles. The number of hydrogen-bond donors (Lipinski definition) is 1. The van der Waals surface area contributed by atoms with Crippen LogP contribution in [0.25, 0.3) is 21.3 Å². The average molecular weight is 447 g/mol. The van der Waals surface area contributed by atoms with Gasteiger partial charge in [0.2, 0.25) is 0 Å². The van der Waals surface area contributed by atoms with E-state index in [9.17, 15) is 19.7 Å². The number of hydrazone groups is 1. The quantitative estimate of drug-likeness (QED) is 0.276. The monoisotopic (exact) mass is 447 g/mol. The second-order valence-electron chi connectivity index (χ2n) is 6.90. The smallest absolute Gasteiger partial charge is 0.269 e. The van der Waals surface area contributed by atoms with Crippen molar-refractivity contribution in [3.05, 3.63) is 91.8 Å². The Bertz CT molecular complexity index is 1390.